The lowest BCUT2D eigenvalue weighted by Gasteiger charge is -2.38. The summed E-state index contributed by atoms with van der Waals surface area (Å²) in [5, 5.41) is 9.89. The molecular formula is C14H19NO2. The van der Waals surface area contributed by atoms with E-state index in [0.717, 1.165) is 18.5 Å². The smallest absolute Gasteiger partial charge is 0.258 e. The third-order valence-corrected chi connectivity index (χ3v) is 3.27. The number of amides is 1. The highest BCUT2D eigenvalue weighted by Crippen LogP contribution is 2.32. The predicted molar refractivity (Wildman–Crippen MR) is 68.0 cm³/mol. The van der Waals surface area contributed by atoms with Gasteiger partial charge in [-0.2, -0.15) is 0 Å². The Balaban J connectivity index is 2.43. The summed E-state index contributed by atoms with van der Waals surface area (Å²) >= 11 is 0. The van der Waals surface area contributed by atoms with Crippen LogP contribution < -0.4 is 4.90 Å². The molecule has 3 heteroatoms. The summed E-state index contributed by atoms with van der Waals surface area (Å²) in [6.45, 7) is 5.11. The molecule has 1 aliphatic rings. The number of carbonyl (C=O) groups is 1. The molecule has 1 atom stereocenters. The van der Waals surface area contributed by atoms with Crippen LogP contribution in [-0.2, 0) is 11.2 Å². The van der Waals surface area contributed by atoms with Crippen LogP contribution in [-0.4, -0.2) is 22.7 Å². The monoisotopic (exact) mass is 233 g/mol. The van der Waals surface area contributed by atoms with Crippen molar-refractivity contribution in [3.05, 3.63) is 29.8 Å². The van der Waals surface area contributed by atoms with Crippen LogP contribution in [0.2, 0.25) is 0 Å². The van der Waals surface area contributed by atoms with Crippen molar-refractivity contribution in [3.63, 3.8) is 0 Å². The lowest BCUT2D eigenvalue weighted by Crippen LogP contribution is -2.51. The standard InChI is InChI=1S/C14H19NO2/c1-10-8-9-11-6-4-5-7-12(11)15(10)13(16)14(2,3)17/h4-7,10,17H,8-9H2,1-3H3. The summed E-state index contributed by atoms with van der Waals surface area (Å²) in [5.41, 5.74) is 0.806. The van der Waals surface area contributed by atoms with Crippen molar-refractivity contribution in [1.29, 1.82) is 0 Å². The number of rotatable bonds is 1. The van der Waals surface area contributed by atoms with Gasteiger partial charge in [0.2, 0.25) is 0 Å². The molecule has 0 aliphatic carbocycles. The molecule has 1 unspecified atom stereocenters. The lowest BCUT2D eigenvalue weighted by atomic mass is 9.94. The summed E-state index contributed by atoms with van der Waals surface area (Å²) in [5.74, 6) is -0.225. The normalized spacial score (nSPS) is 20.0. The number of aryl methyl sites for hydroxylation is 1. The first kappa shape index (κ1) is 12.1. The molecule has 0 bridgehead atoms. The van der Waals surface area contributed by atoms with E-state index in [1.165, 1.54) is 5.56 Å². The van der Waals surface area contributed by atoms with E-state index >= 15 is 0 Å². The number of nitrogens with zero attached hydrogens (tertiary/aromatic N) is 1. The SMILES string of the molecule is CC1CCc2ccccc2N1C(=O)C(C)(C)O. The third kappa shape index (κ3) is 2.20. The van der Waals surface area contributed by atoms with Crippen molar-refractivity contribution in [2.24, 2.45) is 0 Å². The molecule has 1 N–H and O–H groups in total. The minimum absolute atomic E-state index is 0.142. The van der Waals surface area contributed by atoms with Gasteiger partial charge in [-0.15, -0.1) is 0 Å². The highest BCUT2D eigenvalue weighted by Gasteiger charge is 2.35. The number of carbonyl (C=O) groups excluding carboxylic acids is 1. The molecule has 0 saturated heterocycles. The molecule has 3 nitrogen and oxygen atoms in total. The van der Waals surface area contributed by atoms with Gasteiger partial charge in [-0.3, -0.25) is 4.79 Å². The van der Waals surface area contributed by atoms with E-state index in [2.05, 4.69) is 0 Å². The average Bonchev–Trinajstić information content (AvgIpc) is 2.27. The molecule has 0 radical (unpaired) electrons. The molecular weight excluding hydrogens is 214 g/mol. The summed E-state index contributed by atoms with van der Waals surface area (Å²) in [7, 11) is 0. The average molecular weight is 233 g/mol. The van der Waals surface area contributed by atoms with E-state index in [9.17, 15) is 9.90 Å². The number of para-hydroxylation sites is 1. The summed E-state index contributed by atoms with van der Waals surface area (Å²) < 4.78 is 0. The van der Waals surface area contributed by atoms with Crippen molar-refractivity contribution in [2.45, 2.75) is 45.3 Å². The first-order valence-electron chi connectivity index (χ1n) is 6.05. The third-order valence-electron chi connectivity index (χ3n) is 3.27. The molecule has 1 aromatic rings. The van der Waals surface area contributed by atoms with Gasteiger partial charge in [0.25, 0.3) is 5.91 Å². The van der Waals surface area contributed by atoms with Crippen LogP contribution in [0.4, 0.5) is 5.69 Å². The first-order valence-corrected chi connectivity index (χ1v) is 6.05. The summed E-state index contributed by atoms with van der Waals surface area (Å²) in [6.07, 6.45) is 1.94. The van der Waals surface area contributed by atoms with Gasteiger partial charge >= 0.3 is 0 Å². The number of hydrogen-bond acceptors (Lipinski definition) is 2. The number of benzene rings is 1. The van der Waals surface area contributed by atoms with Crippen LogP contribution in [0.3, 0.4) is 0 Å². The van der Waals surface area contributed by atoms with Gasteiger partial charge in [0.1, 0.15) is 5.60 Å². The van der Waals surface area contributed by atoms with Crippen LogP contribution in [0.5, 0.6) is 0 Å². The minimum atomic E-state index is -1.32. The summed E-state index contributed by atoms with van der Waals surface area (Å²) in [4.78, 5) is 14.0. The molecule has 2 rings (SSSR count). The van der Waals surface area contributed by atoms with Gasteiger partial charge in [-0.25, -0.2) is 0 Å². The van der Waals surface area contributed by atoms with Crippen molar-refractivity contribution in [3.8, 4) is 0 Å². The largest absolute Gasteiger partial charge is 0.381 e. The molecule has 0 spiro atoms. The van der Waals surface area contributed by atoms with Gasteiger partial charge in [0, 0.05) is 11.7 Å². The van der Waals surface area contributed by atoms with E-state index in [0.29, 0.717) is 0 Å². The zero-order valence-corrected chi connectivity index (χ0v) is 10.6. The van der Waals surface area contributed by atoms with Crippen molar-refractivity contribution in [1.82, 2.24) is 0 Å². The van der Waals surface area contributed by atoms with Gasteiger partial charge in [-0.1, -0.05) is 18.2 Å². The lowest BCUT2D eigenvalue weighted by molar-refractivity contribution is -0.134. The van der Waals surface area contributed by atoms with E-state index in [1.807, 2.05) is 31.2 Å². The maximum atomic E-state index is 12.3. The van der Waals surface area contributed by atoms with Gasteiger partial charge in [-0.05, 0) is 45.2 Å². The maximum Gasteiger partial charge on any atom is 0.258 e. The quantitative estimate of drug-likeness (QED) is 0.807. The Bertz CT molecular complexity index is 434. The van der Waals surface area contributed by atoms with Gasteiger partial charge in [0.15, 0.2) is 0 Å². The molecule has 17 heavy (non-hydrogen) atoms. The van der Waals surface area contributed by atoms with E-state index in [-0.39, 0.29) is 11.9 Å². The fourth-order valence-electron chi connectivity index (χ4n) is 2.29. The first-order chi connectivity index (χ1) is 7.91. The Hall–Kier alpha value is -1.35. The Morgan fingerprint density at radius 1 is 1.41 bits per heavy atom. The molecule has 0 saturated carbocycles. The van der Waals surface area contributed by atoms with Crippen LogP contribution >= 0.6 is 0 Å². The predicted octanol–water partition coefficient (Wildman–Crippen LogP) is 2.13. The molecule has 92 valence electrons. The van der Waals surface area contributed by atoms with Crippen molar-refractivity contribution >= 4 is 11.6 Å². The Morgan fingerprint density at radius 2 is 2.06 bits per heavy atom. The Morgan fingerprint density at radius 3 is 2.71 bits per heavy atom. The zero-order chi connectivity index (χ0) is 12.6. The highest BCUT2D eigenvalue weighted by molar-refractivity contribution is 6.00. The van der Waals surface area contributed by atoms with Crippen molar-refractivity contribution < 1.29 is 9.90 Å². The fourth-order valence-corrected chi connectivity index (χ4v) is 2.29. The maximum absolute atomic E-state index is 12.3. The minimum Gasteiger partial charge on any atom is -0.381 e. The second-order valence-corrected chi connectivity index (χ2v) is 5.25. The highest BCUT2D eigenvalue weighted by atomic mass is 16.3. The topological polar surface area (TPSA) is 40.5 Å². The van der Waals surface area contributed by atoms with Crippen LogP contribution in [0.15, 0.2) is 24.3 Å². The van der Waals surface area contributed by atoms with E-state index in [4.69, 9.17) is 0 Å². The fraction of sp³-hybridized carbons (Fsp3) is 0.500. The summed E-state index contributed by atoms with van der Waals surface area (Å²) in [6, 6.07) is 8.06. The Labute approximate surface area is 102 Å². The number of fused-ring (bicyclic) bond motifs is 1. The van der Waals surface area contributed by atoms with E-state index < -0.39 is 5.60 Å². The number of anilines is 1. The molecule has 0 fully saturated rings. The molecule has 0 aromatic heterocycles. The molecule has 1 amide bonds. The van der Waals surface area contributed by atoms with Crippen LogP contribution in [0.25, 0.3) is 0 Å². The molecule has 1 aliphatic heterocycles. The van der Waals surface area contributed by atoms with Crippen LogP contribution in [0, 0.1) is 0 Å². The van der Waals surface area contributed by atoms with Crippen LogP contribution in [0.1, 0.15) is 32.8 Å². The second-order valence-electron chi connectivity index (χ2n) is 5.25. The zero-order valence-electron chi connectivity index (χ0n) is 10.6. The van der Waals surface area contributed by atoms with E-state index in [1.54, 1.807) is 18.7 Å². The second kappa shape index (κ2) is 4.15. The number of aliphatic hydroxyl groups is 1. The van der Waals surface area contributed by atoms with Crippen molar-refractivity contribution in [2.75, 3.05) is 4.90 Å². The van der Waals surface area contributed by atoms with Gasteiger partial charge < -0.3 is 10.0 Å². The molecule has 1 aromatic carbocycles. The van der Waals surface area contributed by atoms with Gasteiger partial charge in [0.05, 0.1) is 0 Å². The molecule has 1 heterocycles. The number of hydrogen-bond donors (Lipinski definition) is 1. The Kier molecular flexibility index (Phi) is 2.96.